The molecule has 1 heterocycles. The van der Waals surface area contributed by atoms with Gasteiger partial charge in [0.05, 0.1) is 18.2 Å². The van der Waals surface area contributed by atoms with Crippen LogP contribution in [0, 0.1) is 0 Å². The number of rotatable bonds is 4. The summed E-state index contributed by atoms with van der Waals surface area (Å²) in [5.41, 5.74) is 0. The van der Waals surface area contributed by atoms with Crippen molar-refractivity contribution in [3.8, 4) is 0 Å². The summed E-state index contributed by atoms with van der Waals surface area (Å²) in [6, 6.07) is -0.571. The molecule has 7 heteroatoms. The highest BCUT2D eigenvalue weighted by Gasteiger charge is 2.47. The van der Waals surface area contributed by atoms with Crippen molar-refractivity contribution >= 4 is 17.8 Å². The van der Waals surface area contributed by atoms with Gasteiger partial charge in [0.15, 0.2) is 12.2 Å². The molecule has 1 rings (SSSR count). The zero-order valence-electron chi connectivity index (χ0n) is 13.0. The van der Waals surface area contributed by atoms with Gasteiger partial charge in [0.2, 0.25) is 5.91 Å². The van der Waals surface area contributed by atoms with Crippen molar-refractivity contribution in [2.75, 3.05) is 0 Å². The Morgan fingerprint density at radius 3 is 2.00 bits per heavy atom. The highest BCUT2D eigenvalue weighted by Crippen LogP contribution is 2.28. The lowest BCUT2D eigenvalue weighted by molar-refractivity contribution is -0.213. The number of ether oxygens (including phenoxy) is 3. The van der Waals surface area contributed by atoms with Crippen LogP contribution in [-0.2, 0) is 28.6 Å². The third-order valence-electron chi connectivity index (χ3n) is 3.32. The van der Waals surface area contributed by atoms with E-state index in [1.54, 1.807) is 6.92 Å². The van der Waals surface area contributed by atoms with Crippen molar-refractivity contribution in [3.63, 3.8) is 0 Å². The minimum absolute atomic E-state index is 0.274. The molecule has 1 aliphatic rings. The van der Waals surface area contributed by atoms with Gasteiger partial charge in [-0.25, -0.2) is 0 Å². The van der Waals surface area contributed by atoms with E-state index in [9.17, 15) is 14.4 Å². The first kappa shape index (κ1) is 17.4. The summed E-state index contributed by atoms with van der Waals surface area (Å²) in [6.45, 7) is 7.59. The monoisotopic (exact) mass is 301 g/mol. The van der Waals surface area contributed by atoms with E-state index in [4.69, 9.17) is 14.2 Å². The summed E-state index contributed by atoms with van der Waals surface area (Å²) in [7, 11) is 0. The second kappa shape index (κ2) is 7.40. The topological polar surface area (TPSA) is 90.9 Å². The van der Waals surface area contributed by atoms with E-state index in [0.717, 1.165) is 0 Å². The Morgan fingerprint density at radius 2 is 1.57 bits per heavy atom. The number of amides is 1. The average molecular weight is 301 g/mol. The first-order valence-corrected chi connectivity index (χ1v) is 7.03. The van der Waals surface area contributed by atoms with Crippen molar-refractivity contribution in [3.05, 3.63) is 0 Å². The average Bonchev–Trinajstić information content (AvgIpc) is 2.35. The molecule has 0 bridgehead atoms. The van der Waals surface area contributed by atoms with Crippen LogP contribution < -0.4 is 5.32 Å². The van der Waals surface area contributed by atoms with Gasteiger partial charge in [0, 0.05) is 20.8 Å². The number of hydrogen-bond donors (Lipinski definition) is 1. The van der Waals surface area contributed by atoms with Gasteiger partial charge in [-0.3, -0.25) is 14.4 Å². The standard InChI is InChI=1S/C14H23NO6/c1-6-11-13(20-9(4)17)14(21-10(5)18)12(7(2)19-11)15-8(3)16/h7,11-14H,6H2,1-5H3,(H,15,16)/t7-,11?,12?,13+,14+/m1/s1. The van der Waals surface area contributed by atoms with E-state index in [0.29, 0.717) is 6.42 Å². The highest BCUT2D eigenvalue weighted by molar-refractivity contribution is 5.73. The van der Waals surface area contributed by atoms with Crippen LogP contribution in [0.2, 0.25) is 0 Å². The third kappa shape index (κ3) is 4.70. The fourth-order valence-electron chi connectivity index (χ4n) is 2.55. The molecule has 120 valence electrons. The maximum absolute atomic E-state index is 11.4. The molecule has 1 aliphatic heterocycles. The smallest absolute Gasteiger partial charge is 0.303 e. The zero-order chi connectivity index (χ0) is 16.2. The van der Waals surface area contributed by atoms with Gasteiger partial charge in [-0.15, -0.1) is 0 Å². The van der Waals surface area contributed by atoms with Crippen molar-refractivity contribution in [2.24, 2.45) is 0 Å². The van der Waals surface area contributed by atoms with Crippen molar-refractivity contribution < 1.29 is 28.6 Å². The van der Waals surface area contributed by atoms with E-state index in [1.165, 1.54) is 20.8 Å². The Kier molecular flexibility index (Phi) is 6.14. The largest absolute Gasteiger partial charge is 0.456 e. The molecule has 21 heavy (non-hydrogen) atoms. The molecule has 0 aromatic carbocycles. The molecule has 0 aromatic heterocycles. The number of hydrogen-bond acceptors (Lipinski definition) is 6. The van der Waals surface area contributed by atoms with Crippen LogP contribution in [0.15, 0.2) is 0 Å². The molecule has 2 unspecified atom stereocenters. The van der Waals surface area contributed by atoms with Crippen LogP contribution in [0.3, 0.4) is 0 Å². The minimum atomic E-state index is -0.774. The van der Waals surface area contributed by atoms with E-state index >= 15 is 0 Å². The van der Waals surface area contributed by atoms with Gasteiger partial charge in [0.25, 0.3) is 0 Å². The molecule has 0 saturated carbocycles. The Labute approximate surface area is 124 Å². The first-order chi connectivity index (χ1) is 9.76. The van der Waals surface area contributed by atoms with Crippen molar-refractivity contribution in [1.29, 1.82) is 0 Å². The van der Waals surface area contributed by atoms with Crippen LogP contribution in [0.25, 0.3) is 0 Å². The van der Waals surface area contributed by atoms with Gasteiger partial charge >= 0.3 is 11.9 Å². The molecule has 1 fully saturated rings. The maximum atomic E-state index is 11.4. The van der Waals surface area contributed by atoms with Crippen LogP contribution in [0.1, 0.15) is 41.0 Å². The SMILES string of the molecule is CCC1O[C@H](C)C(NC(C)=O)[C@H](OC(C)=O)[C@H]1OC(C)=O. The molecule has 1 amide bonds. The van der Waals surface area contributed by atoms with Crippen LogP contribution in [-0.4, -0.2) is 48.3 Å². The lowest BCUT2D eigenvalue weighted by atomic mass is 9.91. The summed E-state index contributed by atoms with van der Waals surface area (Å²) in [5, 5.41) is 2.70. The highest BCUT2D eigenvalue weighted by atomic mass is 16.6. The van der Waals surface area contributed by atoms with Gasteiger partial charge < -0.3 is 19.5 Å². The van der Waals surface area contributed by atoms with Crippen LogP contribution >= 0.6 is 0 Å². The molecule has 1 N–H and O–H groups in total. The summed E-state index contributed by atoms with van der Waals surface area (Å²) in [4.78, 5) is 34.0. The number of esters is 2. The number of carbonyl (C=O) groups is 3. The Hall–Kier alpha value is -1.63. The predicted molar refractivity (Wildman–Crippen MR) is 73.3 cm³/mol. The van der Waals surface area contributed by atoms with Crippen molar-refractivity contribution in [2.45, 2.75) is 71.5 Å². The van der Waals surface area contributed by atoms with Gasteiger partial charge in [-0.05, 0) is 13.3 Å². The lowest BCUT2D eigenvalue weighted by Crippen LogP contribution is -2.64. The molecule has 0 aromatic rings. The van der Waals surface area contributed by atoms with Crippen LogP contribution in [0.5, 0.6) is 0 Å². The second-order valence-electron chi connectivity index (χ2n) is 5.16. The minimum Gasteiger partial charge on any atom is -0.456 e. The van der Waals surface area contributed by atoms with Crippen LogP contribution in [0.4, 0.5) is 0 Å². The van der Waals surface area contributed by atoms with E-state index < -0.39 is 36.3 Å². The Morgan fingerprint density at radius 1 is 1.05 bits per heavy atom. The molecular weight excluding hydrogens is 278 g/mol. The number of nitrogens with one attached hydrogen (secondary N) is 1. The number of carbonyl (C=O) groups excluding carboxylic acids is 3. The second-order valence-corrected chi connectivity index (χ2v) is 5.16. The van der Waals surface area contributed by atoms with Gasteiger partial charge in [-0.2, -0.15) is 0 Å². The molecule has 7 nitrogen and oxygen atoms in total. The summed E-state index contributed by atoms with van der Waals surface area (Å²) in [6.07, 6.45) is -1.69. The van der Waals surface area contributed by atoms with E-state index in [2.05, 4.69) is 5.32 Å². The normalized spacial score (nSPS) is 32.1. The molecule has 0 aliphatic carbocycles. The molecule has 0 radical (unpaired) electrons. The Balaban J connectivity index is 3.08. The first-order valence-electron chi connectivity index (χ1n) is 7.03. The molecular formula is C14H23NO6. The van der Waals surface area contributed by atoms with Gasteiger partial charge in [-0.1, -0.05) is 6.92 Å². The van der Waals surface area contributed by atoms with Crippen molar-refractivity contribution in [1.82, 2.24) is 5.32 Å². The molecule has 1 saturated heterocycles. The maximum Gasteiger partial charge on any atom is 0.303 e. The lowest BCUT2D eigenvalue weighted by Gasteiger charge is -2.44. The quantitative estimate of drug-likeness (QED) is 0.763. The van der Waals surface area contributed by atoms with E-state index in [-0.39, 0.29) is 12.0 Å². The molecule has 5 atom stereocenters. The fourth-order valence-corrected chi connectivity index (χ4v) is 2.55. The Bertz CT molecular complexity index is 410. The summed E-state index contributed by atoms with van der Waals surface area (Å²) >= 11 is 0. The van der Waals surface area contributed by atoms with E-state index in [1.807, 2.05) is 6.92 Å². The summed E-state index contributed by atoms with van der Waals surface area (Å²) < 4.78 is 16.4. The fraction of sp³-hybridized carbons (Fsp3) is 0.786. The summed E-state index contributed by atoms with van der Waals surface area (Å²) in [5.74, 6) is -1.27. The molecule has 0 spiro atoms. The van der Waals surface area contributed by atoms with Gasteiger partial charge in [0.1, 0.15) is 0 Å². The third-order valence-corrected chi connectivity index (χ3v) is 3.32. The zero-order valence-corrected chi connectivity index (χ0v) is 13.0. The predicted octanol–water partition coefficient (Wildman–Crippen LogP) is 0.552.